The lowest BCUT2D eigenvalue weighted by Gasteiger charge is -2.11. The summed E-state index contributed by atoms with van der Waals surface area (Å²) in [5.74, 6) is 0.953. The van der Waals surface area contributed by atoms with E-state index in [2.05, 4.69) is 27.3 Å². The van der Waals surface area contributed by atoms with Crippen LogP contribution in [0.1, 0.15) is 24.0 Å². The minimum Gasteiger partial charge on any atom is -0.457 e. The second-order valence-corrected chi connectivity index (χ2v) is 6.29. The Balaban J connectivity index is 1.76. The second-order valence-electron chi connectivity index (χ2n) is 5.43. The average molecular weight is 350 g/mol. The molecule has 0 spiro atoms. The summed E-state index contributed by atoms with van der Waals surface area (Å²) in [5.41, 5.74) is 2.22. The average Bonchev–Trinajstić information content (AvgIpc) is 3.28. The molecule has 3 rings (SSSR count). The van der Waals surface area contributed by atoms with Crippen LogP contribution in [0.4, 0.5) is 4.39 Å². The Morgan fingerprint density at radius 2 is 2.05 bits per heavy atom. The minimum atomic E-state index is -0.322. The molecule has 0 heterocycles. The Bertz CT molecular complexity index is 655. The molecule has 0 amide bonds. The van der Waals surface area contributed by atoms with Gasteiger partial charge in [-0.2, -0.15) is 0 Å². The predicted octanol–water partition coefficient (Wildman–Crippen LogP) is 4.94. The summed E-state index contributed by atoms with van der Waals surface area (Å²) in [6.45, 7) is 2.83. The number of hydrogen-bond donors (Lipinski definition) is 1. The molecular formula is C17H17BrFNO. The van der Waals surface area contributed by atoms with Crippen LogP contribution in [0.25, 0.3) is 0 Å². The summed E-state index contributed by atoms with van der Waals surface area (Å²) >= 11 is 3.14. The third-order valence-electron chi connectivity index (χ3n) is 3.54. The van der Waals surface area contributed by atoms with Crippen LogP contribution in [0.5, 0.6) is 11.5 Å². The van der Waals surface area contributed by atoms with E-state index in [0.29, 0.717) is 16.3 Å². The van der Waals surface area contributed by atoms with E-state index in [1.807, 2.05) is 19.1 Å². The molecule has 0 radical (unpaired) electrons. The molecule has 4 heteroatoms. The van der Waals surface area contributed by atoms with Crippen molar-refractivity contribution in [2.45, 2.75) is 32.4 Å². The van der Waals surface area contributed by atoms with E-state index in [9.17, 15) is 4.39 Å². The van der Waals surface area contributed by atoms with Crippen molar-refractivity contribution >= 4 is 15.9 Å². The summed E-state index contributed by atoms with van der Waals surface area (Å²) in [4.78, 5) is 0. The van der Waals surface area contributed by atoms with Crippen LogP contribution < -0.4 is 10.1 Å². The third kappa shape index (κ3) is 3.83. The van der Waals surface area contributed by atoms with Gasteiger partial charge in [-0.25, -0.2) is 4.39 Å². The van der Waals surface area contributed by atoms with E-state index in [4.69, 9.17) is 4.74 Å². The fourth-order valence-corrected chi connectivity index (χ4v) is 2.33. The molecule has 1 aliphatic rings. The van der Waals surface area contributed by atoms with Gasteiger partial charge in [0.25, 0.3) is 0 Å². The van der Waals surface area contributed by atoms with Crippen LogP contribution >= 0.6 is 15.9 Å². The molecule has 21 heavy (non-hydrogen) atoms. The van der Waals surface area contributed by atoms with Gasteiger partial charge in [-0.15, -0.1) is 0 Å². The molecule has 0 bridgehead atoms. The van der Waals surface area contributed by atoms with Crippen molar-refractivity contribution in [1.82, 2.24) is 5.32 Å². The first kappa shape index (κ1) is 14.5. The molecule has 1 fully saturated rings. The van der Waals surface area contributed by atoms with Gasteiger partial charge in [-0.1, -0.05) is 12.1 Å². The monoisotopic (exact) mass is 349 g/mol. The predicted molar refractivity (Wildman–Crippen MR) is 85.2 cm³/mol. The number of rotatable bonds is 5. The van der Waals surface area contributed by atoms with Gasteiger partial charge in [0.2, 0.25) is 0 Å². The first-order chi connectivity index (χ1) is 10.1. The summed E-state index contributed by atoms with van der Waals surface area (Å²) in [6.07, 6.45) is 2.54. The van der Waals surface area contributed by atoms with E-state index in [0.717, 1.165) is 17.9 Å². The largest absolute Gasteiger partial charge is 0.457 e. The Morgan fingerprint density at radius 3 is 2.76 bits per heavy atom. The van der Waals surface area contributed by atoms with Gasteiger partial charge in [-0.05, 0) is 65.0 Å². The summed E-state index contributed by atoms with van der Waals surface area (Å²) in [6, 6.07) is 11.6. The Labute approximate surface area is 132 Å². The Kier molecular flexibility index (Phi) is 4.27. The van der Waals surface area contributed by atoms with Crippen LogP contribution in [-0.4, -0.2) is 6.04 Å². The van der Waals surface area contributed by atoms with E-state index in [1.165, 1.54) is 24.5 Å². The highest BCUT2D eigenvalue weighted by atomic mass is 79.9. The van der Waals surface area contributed by atoms with Crippen molar-refractivity contribution in [2.24, 2.45) is 0 Å². The molecule has 1 aliphatic carbocycles. The van der Waals surface area contributed by atoms with Gasteiger partial charge in [0, 0.05) is 18.7 Å². The molecule has 1 N–H and O–H groups in total. The summed E-state index contributed by atoms with van der Waals surface area (Å²) in [7, 11) is 0. The normalized spacial score (nSPS) is 14.2. The highest BCUT2D eigenvalue weighted by molar-refractivity contribution is 9.10. The fraction of sp³-hybridized carbons (Fsp3) is 0.294. The van der Waals surface area contributed by atoms with Gasteiger partial charge in [-0.3, -0.25) is 0 Å². The van der Waals surface area contributed by atoms with E-state index < -0.39 is 0 Å². The van der Waals surface area contributed by atoms with E-state index in [-0.39, 0.29) is 5.82 Å². The molecule has 0 atom stereocenters. The zero-order valence-electron chi connectivity index (χ0n) is 11.8. The highest BCUT2D eigenvalue weighted by Gasteiger charge is 2.20. The maximum atomic E-state index is 13.5. The van der Waals surface area contributed by atoms with Crippen molar-refractivity contribution in [2.75, 3.05) is 0 Å². The van der Waals surface area contributed by atoms with E-state index >= 15 is 0 Å². The van der Waals surface area contributed by atoms with Gasteiger partial charge >= 0.3 is 0 Å². The molecule has 0 saturated heterocycles. The molecule has 0 aliphatic heterocycles. The fourth-order valence-electron chi connectivity index (χ4n) is 2.08. The number of ether oxygens (including phenoxy) is 1. The molecule has 110 valence electrons. The SMILES string of the molecule is Cc1ccc(CNC2CC2)cc1Oc1ccc(Br)c(F)c1. The smallest absolute Gasteiger partial charge is 0.141 e. The van der Waals surface area contributed by atoms with Gasteiger partial charge in [0.15, 0.2) is 0 Å². The molecule has 1 saturated carbocycles. The molecule has 2 aromatic carbocycles. The van der Waals surface area contributed by atoms with Crippen molar-refractivity contribution in [1.29, 1.82) is 0 Å². The standard InChI is InChI=1S/C17H17BrFNO/c1-11-2-3-12(10-20-13-4-5-13)8-17(11)21-14-6-7-15(18)16(19)9-14/h2-3,6-9,13,20H,4-5,10H2,1H3. The number of hydrogen-bond acceptors (Lipinski definition) is 2. The third-order valence-corrected chi connectivity index (χ3v) is 4.19. The first-order valence-electron chi connectivity index (χ1n) is 7.07. The van der Waals surface area contributed by atoms with Crippen molar-refractivity contribution in [3.05, 3.63) is 57.8 Å². The van der Waals surface area contributed by atoms with Gasteiger partial charge < -0.3 is 10.1 Å². The minimum absolute atomic E-state index is 0.322. The molecule has 2 nitrogen and oxygen atoms in total. The molecule has 0 aromatic heterocycles. The Morgan fingerprint density at radius 1 is 1.24 bits per heavy atom. The van der Waals surface area contributed by atoms with Crippen LogP contribution in [0.15, 0.2) is 40.9 Å². The maximum Gasteiger partial charge on any atom is 0.141 e. The highest BCUT2D eigenvalue weighted by Crippen LogP contribution is 2.29. The van der Waals surface area contributed by atoms with Crippen molar-refractivity contribution in [3.8, 4) is 11.5 Å². The lowest BCUT2D eigenvalue weighted by Crippen LogP contribution is -2.15. The quantitative estimate of drug-likeness (QED) is 0.825. The van der Waals surface area contributed by atoms with Crippen LogP contribution in [0.2, 0.25) is 0 Å². The molecular weight excluding hydrogens is 333 g/mol. The number of benzene rings is 2. The zero-order chi connectivity index (χ0) is 14.8. The number of aryl methyl sites for hydroxylation is 1. The van der Waals surface area contributed by atoms with Gasteiger partial charge in [0.1, 0.15) is 17.3 Å². The first-order valence-corrected chi connectivity index (χ1v) is 7.87. The number of nitrogens with one attached hydrogen (secondary N) is 1. The lowest BCUT2D eigenvalue weighted by atomic mass is 10.1. The van der Waals surface area contributed by atoms with Crippen LogP contribution in [-0.2, 0) is 6.54 Å². The van der Waals surface area contributed by atoms with Crippen molar-refractivity contribution in [3.63, 3.8) is 0 Å². The van der Waals surface area contributed by atoms with Crippen LogP contribution in [0, 0.1) is 12.7 Å². The van der Waals surface area contributed by atoms with Crippen LogP contribution in [0.3, 0.4) is 0 Å². The van der Waals surface area contributed by atoms with Gasteiger partial charge in [0.05, 0.1) is 4.47 Å². The molecule has 0 unspecified atom stereocenters. The summed E-state index contributed by atoms with van der Waals surface area (Å²) in [5, 5.41) is 3.48. The lowest BCUT2D eigenvalue weighted by molar-refractivity contribution is 0.471. The number of halogens is 2. The second kappa shape index (κ2) is 6.16. The topological polar surface area (TPSA) is 21.3 Å². The molecule has 2 aromatic rings. The summed E-state index contributed by atoms with van der Waals surface area (Å²) < 4.78 is 19.8. The van der Waals surface area contributed by atoms with Crippen molar-refractivity contribution < 1.29 is 9.13 Å². The zero-order valence-corrected chi connectivity index (χ0v) is 13.4. The maximum absolute atomic E-state index is 13.5. The van der Waals surface area contributed by atoms with E-state index in [1.54, 1.807) is 12.1 Å². The Hall–Kier alpha value is -1.39.